The number of amides is 1. The van der Waals surface area contributed by atoms with Gasteiger partial charge in [0.1, 0.15) is 0 Å². The summed E-state index contributed by atoms with van der Waals surface area (Å²) in [6, 6.07) is 13.3. The van der Waals surface area contributed by atoms with E-state index < -0.39 is 10.0 Å². The molecule has 0 spiro atoms. The molecule has 0 aliphatic carbocycles. The molecule has 0 saturated carbocycles. The molecule has 180 valence electrons. The topological polar surface area (TPSA) is 75.5 Å². The van der Waals surface area contributed by atoms with Gasteiger partial charge in [-0.2, -0.15) is 4.31 Å². The lowest BCUT2D eigenvalue weighted by Crippen LogP contribution is -2.36. The third kappa shape index (κ3) is 4.36. The molecule has 0 atom stereocenters. The van der Waals surface area contributed by atoms with Gasteiger partial charge in [0, 0.05) is 31.9 Å². The number of hydrogen-bond acceptors (Lipinski definition) is 5. The number of anilines is 1. The summed E-state index contributed by atoms with van der Waals surface area (Å²) in [4.78, 5) is 20.0. The minimum absolute atomic E-state index is 0.0697. The molecule has 1 fully saturated rings. The molecular weight excluding hydrogens is 468 g/mol. The van der Waals surface area contributed by atoms with Crippen LogP contribution in [0.3, 0.4) is 0 Å². The number of carbonyl (C=O) groups is 1. The Morgan fingerprint density at radius 1 is 1.03 bits per heavy atom. The smallest absolute Gasteiger partial charge is 0.243 e. The van der Waals surface area contributed by atoms with Crippen LogP contribution in [0.2, 0.25) is 0 Å². The highest BCUT2D eigenvalue weighted by Crippen LogP contribution is 2.30. The van der Waals surface area contributed by atoms with Crippen molar-refractivity contribution in [2.45, 2.75) is 55.6 Å². The summed E-state index contributed by atoms with van der Waals surface area (Å²) < 4.78 is 29.9. The van der Waals surface area contributed by atoms with Gasteiger partial charge in [-0.05, 0) is 62.4 Å². The first-order valence-corrected chi connectivity index (χ1v) is 14.4. The predicted molar refractivity (Wildman–Crippen MR) is 136 cm³/mol. The number of sulfonamides is 1. The third-order valence-electron chi connectivity index (χ3n) is 6.69. The fourth-order valence-electron chi connectivity index (χ4n) is 4.91. The fraction of sp³-hybridized carbons (Fsp3) is 0.440. The van der Waals surface area contributed by atoms with Crippen molar-refractivity contribution in [3.05, 3.63) is 48.0 Å². The molecule has 0 N–H and O–H groups in total. The van der Waals surface area contributed by atoms with Crippen LogP contribution in [-0.4, -0.2) is 53.6 Å². The van der Waals surface area contributed by atoms with Crippen LogP contribution in [-0.2, 0) is 27.8 Å². The highest BCUT2D eigenvalue weighted by molar-refractivity contribution is 7.99. The zero-order chi connectivity index (χ0) is 23.7. The molecule has 34 heavy (non-hydrogen) atoms. The van der Waals surface area contributed by atoms with E-state index in [1.165, 1.54) is 17.3 Å². The Kier molecular flexibility index (Phi) is 6.68. The Morgan fingerprint density at radius 3 is 2.62 bits per heavy atom. The summed E-state index contributed by atoms with van der Waals surface area (Å²) in [7, 11) is -3.52. The molecule has 5 rings (SSSR count). The molecule has 1 amide bonds. The second-order valence-corrected chi connectivity index (χ2v) is 11.7. The average molecular weight is 499 g/mol. The van der Waals surface area contributed by atoms with E-state index >= 15 is 0 Å². The molecule has 0 radical (unpaired) electrons. The summed E-state index contributed by atoms with van der Waals surface area (Å²) in [6.07, 6.45) is 4.86. The van der Waals surface area contributed by atoms with Gasteiger partial charge in [-0.25, -0.2) is 13.4 Å². The maximum Gasteiger partial charge on any atom is 0.243 e. The number of aromatic nitrogens is 2. The number of fused-ring (bicyclic) bond motifs is 2. The van der Waals surface area contributed by atoms with E-state index in [9.17, 15) is 13.2 Å². The number of imidazole rings is 1. The van der Waals surface area contributed by atoms with E-state index in [0.717, 1.165) is 55.0 Å². The van der Waals surface area contributed by atoms with Crippen molar-refractivity contribution >= 4 is 44.4 Å². The molecule has 1 aromatic heterocycles. The molecule has 2 aliphatic rings. The minimum atomic E-state index is -3.52. The molecule has 0 unspecified atom stereocenters. The predicted octanol–water partition coefficient (Wildman–Crippen LogP) is 4.30. The number of benzene rings is 2. The zero-order valence-electron chi connectivity index (χ0n) is 19.4. The van der Waals surface area contributed by atoms with Crippen LogP contribution in [0.5, 0.6) is 0 Å². The van der Waals surface area contributed by atoms with Gasteiger partial charge >= 0.3 is 0 Å². The molecule has 0 bridgehead atoms. The van der Waals surface area contributed by atoms with Crippen molar-refractivity contribution in [2.75, 3.05) is 30.3 Å². The van der Waals surface area contributed by atoms with Crippen molar-refractivity contribution in [2.24, 2.45) is 0 Å². The van der Waals surface area contributed by atoms with Crippen LogP contribution >= 0.6 is 11.8 Å². The number of rotatable bonds is 6. The van der Waals surface area contributed by atoms with Crippen molar-refractivity contribution in [1.29, 1.82) is 0 Å². The second kappa shape index (κ2) is 9.71. The molecule has 1 saturated heterocycles. The first-order valence-electron chi connectivity index (χ1n) is 12.0. The number of thioether (sulfide) groups is 1. The minimum Gasteiger partial charge on any atom is -0.319 e. The van der Waals surface area contributed by atoms with E-state index in [-0.39, 0.29) is 11.7 Å². The van der Waals surface area contributed by atoms with E-state index in [0.29, 0.717) is 30.0 Å². The van der Waals surface area contributed by atoms with Crippen LogP contribution < -0.4 is 4.90 Å². The number of aryl methyl sites for hydroxylation is 2. The summed E-state index contributed by atoms with van der Waals surface area (Å²) in [5, 5.41) is 0.740. The molecule has 2 aliphatic heterocycles. The van der Waals surface area contributed by atoms with E-state index in [1.807, 2.05) is 36.1 Å². The SMILES string of the molecule is CCn1c(SCC(=O)N2CCCc3ccccc32)nc2cc(S(=O)(=O)N3CCCCC3)ccc21. The van der Waals surface area contributed by atoms with Gasteiger partial charge in [0.2, 0.25) is 15.9 Å². The number of hydrogen-bond donors (Lipinski definition) is 0. The van der Waals surface area contributed by atoms with Crippen molar-refractivity contribution in [3.63, 3.8) is 0 Å². The second-order valence-electron chi connectivity index (χ2n) is 8.82. The van der Waals surface area contributed by atoms with E-state index in [4.69, 9.17) is 4.98 Å². The van der Waals surface area contributed by atoms with Crippen molar-refractivity contribution in [1.82, 2.24) is 13.9 Å². The summed E-state index contributed by atoms with van der Waals surface area (Å²) in [6.45, 7) is 4.61. The Hall–Kier alpha value is -2.36. The highest BCUT2D eigenvalue weighted by atomic mass is 32.2. The summed E-state index contributed by atoms with van der Waals surface area (Å²) in [5.41, 5.74) is 3.77. The molecule has 2 aromatic carbocycles. The first kappa shape index (κ1) is 23.4. The summed E-state index contributed by atoms with van der Waals surface area (Å²) >= 11 is 1.42. The van der Waals surface area contributed by atoms with Gasteiger partial charge < -0.3 is 9.47 Å². The monoisotopic (exact) mass is 498 g/mol. The molecule has 3 heterocycles. The Bertz CT molecular complexity index is 1310. The molecule has 7 nitrogen and oxygen atoms in total. The number of para-hydroxylation sites is 1. The van der Waals surface area contributed by atoms with Crippen LogP contribution in [0, 0.1) is 0 Å². The third-order valence-corrected chi connectivity index (χ3v) is 9.55. The zero-order valence-corrected chi connectivity index (χ0v) is 21.1. The van der Waals surface area contributed by atoms with Gasteiger partial charge in [0.15, 0.2) is 5.16 Å². The van der Waals surface area contributed by atoms with Gasteiger partial charge in [-0.3, -0.25) is 4.79 Å². The van der Waals surface area contributed by atoms with Crippen LogP contribution in [0.1, 0.15) is 38.2 Å². The van der Waals surface area contributed by atoms with Crippen molar-refractivity contribution < 1.29 is 13.2 Å². The molecular formula is C25H30N4O3S2. The lowest BCUT2D eigenvalue weighted by molar-refractivity contribution is -0.116. The average Bonchev–Trinajstić information content (AvgIpc) is 3.24. The van der Waals surface area contributed by atoms with Crippen LogP contribution in [0.4, 0.5) is 5.69 Å². The maximum absolute atomic E-state index is 13.1. The Morgan fingerprint density at radius 2 is 1.82 bits per heavy atom. The van der Waals surface area contributed by atoms with Gasteiger partial charge in [0.05, 0.1) is 21.7 Å². The van der Waals surface area contributed by atoms with Crippen LogP contribution in [0.25, 0.3) is 11.0 Å². The summed E-state index contributed by atoms with van der Waals surface area (Å²) in [5.74, 6) is 0.358. The number of piperidine rings is 1. The van der Waals surface area contributed by atoms with Gasteiger partial charge in [0.25, 0.3) is 0 Å². The fourth-order valence-corrected chi connectivity index (χ4v) is 7.41. The molecule has 9 heteroatoms. The van der Waals surface area contributed by atoms with Gasteiger partial charge in [-0.1, -0.05) is 36.4 Å². The highest BCUT2D eigenvalue weighted by Gasteiger charge is 2.27. The van der Waals surface area contributed by atoms with Crippen molar-refractivity contribution in [3.8, 4) is 0 Å². The Balaban J connectivity index is 1.37. The Labute approximate surface area is 205 Å². The van der Waals surface area contributed by atoms with E-state index in [2.05, 4.69) is 10.6 Å². The maximum atomic E-state index is 13.1. The lowest BCUT2D eigenvalue weighted by Gasteiger charge is -2.29. The van der Waals surface area contributed by atoms with Gasteiger partial charge in [-0.15, -0.1) is 0 Å². The number of carbonyl (C=O) groups excluding carboxylic acids is 1. The normalized spacial score (nSPS) is 17.1. The van der Waals surface area contributed by atoms with Crippen LogP contribution in [0.15, 0.2) is 52.5 Å². The standard InChI is InChI=1S/C25H30N4O3S2/c1-2-28-23-13-12-20(34(31,32)27-14-6-3-7-15-27)17-21(23)26-25(28)33-18-24(30)29-16-8-10-19-9-4-5-11-22(19)29/h4-5,9,11-13,17H,2-3,6-8,10,14-16,18H2,1H3. The first-order chi connectivity index (χ1) is 16.5. The largest absolute Gasteiger partial charge is 0.319 e. The lowest BCUT2D eigenvalue weighted by atomic mass is 10.0. The molecule has 3 aromatic rings. The number of nitrogens with zero attached hydrogens (tertiary/aromatic N) is 4. The van der Waals surface area contributed by atoms with E-state index in [1.54, 1.807) is 16.4 Å². The quantitative estimate of drug-likeness (QED) is 0.474.